The molecule has 1 aromatic rings. The maximum atomic E-state index is 6.51. The molecule has 1 unspecified atom stereocenters. The average molecular weight is 224 g/mol. The third-order valence-electron chi connectivity index (χ3n) is 3.30. The van der Waals surface area contributed by atoms with Gasteiger partial charge in [-0.3, -0.25) is 0 Å². The van der Waals surface area contributed by atoms with Crippen molar-refractivity contribution in [3.8, 4) is 0 Å². The number of rotatable bonds is 2. The van der Waals surface area contributed by atoms with Crippen molar-refractivity contribution in [2.75, 3.05) is 20.1 Å². The van der Waals surface area contributed by atoms with E-state index in [-0.39, 0.29) is 5.38 Å². The van der Waals surface area contributed by atoms with Crippen LogP contribution in [0.2, 0.25) is 0 Å². The number of benzene rings is 1. The summed E-state index contributed by atoms with van der Waals surface area (Å²) in [6, 6.07) is 10.5. The molecule has 2 heteroatoms. The molecule has 0 radical (unpaired) electrons. The SMILES string of the molecule is CN1CCC(C(Cl)c2ccccc2)CC1. The lowest BCUT2D eigenvalue weighted by atomic mass is 9.90. The first-order valence-electron chi connectivity index (χ1n) is 5.65. The Morgan fingerprint density at radius 3 is 2.40 bits per heavy atom. The molecule has 1 atom stereocenters. The number of hydrogen-bond acceptors (Lipinski definition) is 1. The third kappa shape index (κ3) is 2.73. The number of alkyl halides is 1. The molecule has 0 amide bonds. The second-order valence-corrected chi connectivity index (χ2v) is 4.92. The van der Waals surface area contributed by atoms with Crippen LogP contribution in [-0.2, 0) is 0 Å². The van der Waals surface area contributed by atoms with Crippen molar-refractivity contribution in [1.82, 2.24) is 4.90 Å². The molecule has 1 aromatic carbocycles. The maximum absolute atomic E-state index is 6.51. The van der Waals surface area contributed by atoms with Gasteiger partial charge in [-0.1, -0.05) is 30.3 Å². The number of likely N-dealkylation sites (tertiary alicyclic amines) is 1. The van der Waals surface area contributed by atoms with Gasteiger partial charge in [0.2, 0.25) is 0 Å². The van der Waals surface area contributed by atoms with Crippen molar-refractivity contribution < 1.29 is 0 Å². The second kappa shape index (κ2) is 5.00. The van der Waals surface area contributed by atoms with Crippen LogP contribution in [0.1, 0.15) is 23.8 Å². The average Bonchev–Trinajstić information content (AvgIpc) is 2.30. The van der Waals surface area contributed by atoms with E-state index in [1.54, 1.807) is 0 Å². The fourth-order valence-corrected chi connectivity index (χ4v) is 2.63. The van der Waals surface area contributed by atoms with Crippen molar-refractivity contribution in [3.05, 3.63) is 35.9 Å². The molecule has 1 aliphatic rings. The molecule has 0 saturated carbocycles. The quantitative estimate of drug-likeness (QED) is 0.696. The highest BCUT2D eigenvalue weighted by atomic mass is 35.5. The Morgan fingerprint density at radius 2 is 1.80 bits per heavy atom. The summed E-state index contributed by atoms with van der Waals surface area (Å²) in [5.41, 5.74) is 1.27. The lowest BCUT2D eigenvalue weighted by Crippen LogP contribution is -2.31. The fourth-order valence-electron chi connectivity index (χ4n) is 2.23. The molecule has 2 rings (SSSR count). The molecule has 0 N–H and O–H groups in total. The van der Waals surface area contributed by atoms with Crippen molar-refractivity contribution in [3.63, 3.8) is 0 Å². The first-order valence-corrected chi connectivity index (χ1v) is 6.08. The molecule has 1 heterocycles. The van der Waals surface area contributed by atoms with E-state index >= 15 is 0 Å². The highest BCUT2D eigenvalue weighted by Gasteiger charge is 2.24. The van der Waals surface area contributed by atoms with Crippen molar-refractivity contribution in [2.24, 2.45) is 5.92 Å². The van der Waals surface area contributed by atoms with Crippen LogP contribution in [0.15, 0.2) is 30.3 Å². The predicted octanol–water partition coefficient (Wildman–Crippen LogP) is 3.31. The third-order valence-corrected chi connectivity index (χ3v) is 3.90. The maximum Gasteiger partial charge on any atom is 0.0614 e. The Morgan fingerprint density at radius 1 is 1.20 bits per heavy atom. The Balaban J connectivity index is 1.99. The summed E-state index contributed by atoms with van der Waals surface area (Å²) >= 11 is 6.51. The smallest absolute Gasteiger partial charge is 0.0614 e. The van der Waals surface area contributed by atoms with Crippen LogP contribution in [-0.4, -0.2) is 25.0 Å². The van der Waals surface area contributed by atoms with Crippen molar-refractivity contribution in [1.29, 1.82) is 0 Å². The summed E-state index contributed by atoms with van der Waals surface area (Å²) in [5, 5.41) is 0.194. The van der Waals surface area contributed by atoms with Gasteiger partial charge in [0, 0.05) is 0 Å². The molecule has 0 aromatic heterocycles. The van der Waals surface area contributed by atoms with Gasteiger partial charge in [-0.2, -0.15) is 0 Å². The molecule has 1 aliphatic heterocycles. The van der Waals surface area contributed by atoms with Gasteiger partial charge in [0.05, 0.1) is 5.38 Å². The number of piperidine rings is 1. The van der Waals surface area contributed by atoms with E-state index in [1.807, 2.05) is 6.07 Å². The van der Waals surface area contributed by atoms with E-state index < -0.39 is 0 Å². The molecule has 15 heavy (non-hydrogen) atoms. The highest BCUT2D eigenvalue weighted by molar-refractivity contribution is 6.21. The Kier molecular flexibility index (Phi) is 3.66. The number of nitrogens with zero attached hydrogens (tertiary/aromatic N) is 1. The lowest BCUT2D eigenvalue weighted by molar-refractivity contribution is 0.215. The zero-order valence-electron chi connectivity index (χ0n) is 9.20. The largest absolute Gasteiger partial charge is 0.306 e. The monoisotopic (exact) mass is 223 g/mol. The zero-order valence-corrected chi connectivity index (χ0v) is 9.95. The van der Waals surface area contributed by atoms with Gasteiger partial charge in [-0.05, 0) is 44.5 Å². The Labute approximate surface area is 97.0 Å². The summed E-state index contributed by atoms with van der Waals surface area (Å²) in [5.74, 6) is 0.644. The first-order chi connectivity index (χ1) is 7.27. The number of hydrogen-bond donors (Lipinski definition) is 0. The minimum atomic E-state index is 0.194. The fraction of sp³-hybridized carbons (Fsp3) is 0.538. The molecule has 0 aliphatic carbocycles. The van der Waals surface area contributed by atoms with Gasteiger partial charge in [0.15, 0.2) is 0 Å². The van der Waals surface area contributed by atoms with Gasteiger partial charge in [-0.25, -0.2) is 0 Å². The summed E-state index contributed by atoms with van der Waals surface area (Å²) < 4.78 is 0. The van der Waals surface area contributed by atoms with Crippen LogP contribution in [0.3, 0.4) is 0 Å². The Bertz CT molecular complexity index is 291. The molecule has 0 bridgehead atoms. The van der Waals surface area contributed by atoms with Gasteiger partial charge < -0.3 is 4.90 Å². The van der Waals surface area contributed by atoms with E-state index in [9.17, 15) is 0 Å². The second-order valence-electron chi connectivity index (χ2n) is 4.45. The van der Waals surface area contributed by atoms with Gasteiger partial charge in [-0.15, -0.1) is 11.6 Å². The molecular formula is C13H18ClN. The summed E-state index contributed by atoms with van der Waals surface area (Å²) in [4.78, 5) is 2.38. The topological polar surface area (TPSA) is 3.24 Å². The first kappa shape index (κ1) is 11.0. The highest BCUT2D eigenvalue weighted by Crippen LogP contribution is 2.35. The van der Waals surface area contributed by atoms with Crippen LogP contribution in [0.4, 0.5) is 0 Å². The molecule has 82 valence electrons. The van der Waals surface area contributed by atoms with Crippen LogP contribution < -0.4 is 0 Å². The van der Waals surface area contributed by atoms with Crippen molar-refractivity contribution in [2.45, 2.75) is 18.2 Å². The standard InChI is InChI=1S/C13H18ClN/c1-15-9-7-12(8-10-15)13(14)11-5-3-2-4-6-11/h2-6,12-13H,7-10H2,1H3. The van der Waals surface area contributed by atoms with Gasteiger partial charge >= 0.3 is 0 Å². The van der Waals surface area contributed by atoms with Crippen LogP contribution in [0, 0.1) is 5.92 Å². The van der Waals surface area contributed by atoms with Crippen LogP contribution in [0.25, 0.3) is 0 Å². The minimum Gasteiger partial charge on any atom is -0.306 e. The number of halogens is 1. The minimum absolute atomic E-state index is 0.194. The zero-order chi connectivity index (χ0) is 10.7. The summed E-state index contributed by atoms with van der Waals surface area (Å²) in [6.07, 6.45) is 2.44. The summed E-state index contributed by atoms with van der Waals surface area (Å²) in [6.45, 7) is 2.36. The van der Waals surface area contributed by atoms with E-state index in [0.717, 1.165) is 0 Å². The van der Waals surface area contributed by atoms with E-state index in [2.05, 4.69) is 36.2 Å². The molecule has 1 saturated heterocycles. The molecule has 1 nitrogen and oxygen atoms in total. The normalized spacial score (nSPS) is 21.5. The lowest BCUT2D eigenvalue weighted by Gasteiger charge is -2.31. The molecule has 1 fully saturated rings. The van der Waals surface area contributed by atoms with E-state index in [4.69, 9.17) is 11.6 Å². The van der Waals surface area contributed by atoms with Gasteiger partial charge in [0.1, 0.15) is 0 Å². The Hall–Kier alpha value is -0.530. The van der Waals surface area contributed by atoms with Crippen LogP contribution in [0.5, 0.6) is 0 Å². The predicted molar refractivity (Wildman–Crippen MR) is 65.3 cm³/mol. The van der Waals surface area contributed by atoms with Gasteiger partial charge in [0.25, 0.3) is 0 Å². The molecular weight excluding hydrogens is 206 g/mol. The summed E-state index contributed by atoms with van der Waals surface area (Å²) in [7, 11) is 2.18. The van der Waals surface area contributed by atoms with Crippen molar-refractivity contribution >= 4 is 11.6 Å². The van der Waals surface area contributed by atoms with Crippen LogP contribution >= 0.6 is 11.6 Å². The van der Waals surface area contributed by atoms with E-state index in [1.165, 1.54) is 31.5 Å². The van der Waals surface area contributed by atoms with E-state index in [0.29, 0.717) is 5.92 Å². The molecule has 0 spiro atoms.